The van der Waals surface area contributed by atoms with Gasteiger partial charge in [0.25, 0.3) is 0 Å². The second-order valence-electron chi connectivity index (χ2n) is 6.80. The first-order chi connectivity index (χ1) is 13.0. The Labute approximate surface area is 158 Å². The molecule has 7 nitrogen and oxygen atoms in total. The summed E-state index contributed by atoms with van der Waals surface area (Å²) in [5.74, 6) is -0.0616. The van der Waals surface area contributed by atoms with Crippen molar-refractivity contribution in [2.24, 2.45) is 0 Å². The van der Waals surface area contributed by atoms with E-state index in [2.05, 4.69) is 25.5 Å². The van der Waals surface area contributed by atoms with E-state index in [0.29, 0.717) is 22.4 Å². The third-order valence-electron chi connectivity index (χ3n) is 4.13. The van der Waals surface area contributed by atoms with Crippen molar-refractivity contribution in [1.29, 1.82) is 0 Å². The smallest absolute Gasteiger partial charge is 0.394 e. The SMILES string of the molecule is CC(CO)Nc1ncc(C(F)(F)F)c(-c2n[nH]c3c(P(C)(C)=O)cccc23)n1. The number of fused-ring (bicyclic) bond motifs is 1. The molecule has 0 radical (unpaired) electrons. The number of halogens is 3. The average molecular weight is 413 g/mol. The van der Waals surface area contributed by atoms with Crippen LogP contribution in [0.1, 0.15) is 12.5 Å². The highest BCUT2D eigenvalue weighted by atomic mass is 31.2. The van der Waals surface area contributed by atoms with E-state index < -0.39 is 30.6 Å². The van der Waals surface area contributed by atoms with Crippen LogP contribution in [0.3, 0.4) is 0 Å². The number of nitrogens with zero attached hydrogens (tertiary/aromatic N) is 3. The van der Waals surface area contributed by atoms with E-state index in [-0.39, 0.29) is 18.2 Å². The van der Waals surface area contributed by atoms with Crippen molar-refractivity contribution < 1.29 is 22.8 Å². The molecule has 0 amide bonds. The summed E-state index contributed by atoms with van der Waals surface area (Å²) in [6, 6.07) is 4.43. The lowest BCUT2D eigenvalue weighted by molar-refractivity contribution is -0.137. The topological polar surface area (TPSA) is 104 Å². The third-order valence-corrected chi connectivity index (χ3v) is 5.66. The van der Waals surface area contributed by atoms with Crippen molar-refractivity contribution in [3.8, 4) is 11.4 Å². The summed E-state index contributed by atoms with van der Waals surface area (Å²) in [5, 5.41) is 19.5. The van der Waals surface area contributed by atoms with E-state index in [1.165, 1.54) is 0 Å². The van der Waals surface area contributed by atoms with Crippen LogP contribution in [0, 0.1) is 0 Å². The van der Waals surface area contributed by atoms with Crippen molar-refractivity contribution in [1.82, 2.24) is 20.2 Å². The first-order valence-electron chi connectivity index (χ1n) is 8.37. The van der Waals surface area contributed by atoms with E-state index in [1.807, 2.05) is 0 Å². The van der Waals surface area contributed by atoms with Gasteiger partial charge in [-0.3, -0.25) is 5.10 Å². The monoisotopic (exact) mass is 413 g/mol. The van der Waals surface area contributed by atoms with Crippen LogP contribution in [0.2, 0.25) is 0 Å². The molecule has 0 spiro atoms. The molecule has 0 bridgehead atoms. The lowest BCUT2D eigenvalue weighted by Crippen LogP contribution is -2.21. The van der Waals surface area contributed by atoms with Gasteiger partial charge in [-0.25, -0.2) is 9.97 Å². The zero-order chi connectivity index (χ0) is 20.7. The predicted octanol–water partition coefficient (Wildman–Crippen LogP) is 3.08. The van der Waals surface area contributed by atoms with Crippen LogP contribution in [0.5, 0.6) is 0 Å². The highest BCUT2D eigenvalue weighted by Gasteiger charge is 2.37. The first-order valence-corrected chi connectivity index (χ1v) is 11.0. The van der Waals surface area contributed by atoms with Gasteiger partial charge in [-0.1, -0.05) is 12.1 Å². The van der Waals surface area contributed by atoms with E-state index in [9.17, 15) is 17.7 Å². The molecule has 3 N–H and O–H groups in total. The number of aliphatic hydroxyl groups is 1. The minimum atomic E-state index is -4.69. The van der Waals surface area contributed by atoms with Crippen molar-refractivity contribution in [3.05, 3.63) is 30.0 Å². The molecule has 0 saturated carbocycles. The van der Waals surface area contributed by atoms with Gasteiger partial charge in [0.1, 0.15) is 24.1 Å². The Bertz CT molecular complexity index is 1060. The van der Waals surface area contributed by atoms with E-state index in [0.717, 1.165) is 0 Å². The Morgan fingerprint density at radius 3 is 2.61 bits per heavy atom. The van der Waals surface area contributed by atoms with Gasteiger partial charge in [0.2, 0.25) is 5.95 Å². The zero-order valence-corrected chi connectivity index (χ0v) is 16.3. The number of anilines is 1. The van der Waals surface area contributed by atoms with Crippen molar-refractivity contribution in [2.75, 3.05) is 25.3 Å². The maximum atomic E-state index is 13.5. The van der Waals surface area contributed by atoms with Gasteiger partial charge < -0.3 is 15.0 Å². The zero-order valence-electron chi connectivity index (χ0n) is 15.4. The number of benzene rings is 1. The minimum Gasteiger partial charge on any atom is -0.394 e. The van der Waals surface area contributed by atoms with Crippen molar-refractivity contribution >= 4 is 29.3 Å². The number of para-hydroxylation sites is 1. The second kappa shape index (κ2) is 7.18. The lowest BCUT2D eigenvalue weighted by Gasteiger charge is -2.15. The lowest BCUT2D eigenvalue weighted by atomic mass is 10.1. The van der Waals surface area contributed by atoms with Crippen LogP contribution in [-0.2, 0) is 10.7 Å². The molecule has 2 aromatic heterocycles. The molecule has 1 unspecified atom stereocenters. The number of hydrogen-bond acceptors (Lipinski definition) is 6. The fourth-order valence-electron chi connectivity index (χ4n) is 2.76. The summed E-state index contributed by atoms with van der Waals surface area (Å²) < 4.78 is 53.2. The quantitative estimate of drug-likeness (QED) is 0.556. The predicted molar refractivity (Wildman–Crippen MR) is 101 cm³/mol. The molecule has 2 heterocycles. The van der Waals surface area contributed by atoms with Crippen LogP contribution < -0.4 is 10.6 Å². The normalized spacial score (nSPS) is 13.7. The Balaban J connectivity index is 2.24. The van der Waals surface area contributed by atoms with Gasteiger partial charge in [-0.15, -0.1) is 0 Å². The number of alkyl halides is 3. The Morgan fingerprint density at radius 2 is 2.00 bits per heavy atom. The fourth-order valence-corrected chi connectivity index (χ4v) is 3.92. The number of nitrogens with one attached hydrogen (secondary N) is 2. The number of hydrogen-bond donors (Lipinski definition) is 3. The molecule has 0 aliphatic rings. The number of rotatable bonds is 5. The highest BCUT2D eigenvalue weighted by molar-refractivity contribution is 7.70. The van der Waals surface area contributed by atoms with Gasteiger partial charge in [-0.2, -0.15) is 18.3 Å². The highest BCUT2D eigenvalue weighted by Crippen LogP contribution is 2.40. The second-order valence-corrected chi connectivity index (χ2v) is 9.99. The maximum absolute atomic E-state index is 13.5. The molecule has 150 valence electrons. The third kappa shape index (κ3) is 3.88. The summed E-state index contributed by atoms with van der Waals surface area (Å²) in [7, 11) is -2.69. The van der Waals surface area contributed by atoms with E-state index >= 15 is 0 Å². The van der Waals surface area contributed by atoms with Crippen molar-refractivity contribution in [2.45, 2.75) is 19.1 Å². The molecule has 0 aliphatic carbocycles. The Morgan fingerprint density at radius 1 is 1.29 bits per heavy atom. The van der Waals surface area contributed by atoms with Gasteiger partial charge in [0, 0.05) is 22.9 Å². The Hall–Kier alpha value is -2.45. The van der Waals surface area contributed by atoms with Gasteiger partial charge in [-0.05, 0) is 26.3 Å². The molecule has 1 atom stereocenters. The molecule has 11 heteroatoms. The van der Waals surface area contributed by atoms with E-state index in [1.54, 1.807) is 38.5 Å². The van der Waals surface area contributed by atoms with Gasteiger partial charge >= 0.3 is 6.18 Å². The number of aromatic nitrogens is 4. The summed E-state index contributed by atoms with van der Waals surface area (Å²) in [5.41, 5.74) is -1.04. The number of aliphatic hydroxyl groups excluding tert-OH is 1. The van der Waals surface area contributed by atoms with Crippen LogP contribution >= 0.6 is 7.14 Å². The summed E-state index contributed by atoms with van der Waals surface area (Å²) >= 11 is 0. The largest absolute Gasteiger partial charge is 0.420 e. The van der Waals surface area contributed by atoms with Crippen LogP contribution in [0.15, 0.2) is 24.4 Å². The standard InChI is InChI=1S/C17H19F3N5O2P/c1-9(8-26)22-16-21-7-11(17(18,19)20)15(23-16)14-10-5-4-6-12(28(2,3)27)13(10)24-25-14/h4-7,9,26H,8H2,1-3H3,(H,24,25)(H,21,22,23). The van der Waals surface area contributed by atoms with Gasteiger partial charge in [0.15, 0.2) is 0 Å². The summed E-state index contributed by atoms with van der Waals surface area (Å²) in [6.45, 7) is 4.55. The fraction of sp³-hybridized carbons (Fsp3) is 0.353. The van der Waals surface area contributed by atoms with Crippen LogP contribution in [0.25, 0.3) is 22.3 Å². The molecule has 1 aromatic carbocycles. The van der Waals surface area contributed by atoms with Crippen molar-refractivity contribution in [3.63, 3.8) is 0 Å². The maximum Gasteiger partial charge on any atom is 0.420 e. The molecule has 28 heavy (non-hydrogen) atoms. The number of aromatic amines is 1. The number of H-pyrrole nitrogens is 1. The Kier molecular flexibility index (Phi) is 5.20. The van der Waals surface area contributed by atoms with Crippen LogP contribution in [0.4, 0.5) is 19.1 Å². The molecule has 0 aliphatic heterocycles. The van der Waals surface area contributed by atoms with Gasteiger partial charge in [0.05, 0.1) is 12.1 Å². The average Bonchev–Trinajstić information content (AvgIpc) is 3.03. The first kappa shape index (κ1) is 20.3. The minimum absolute atomic E-state index is 0.0141. The van der Waals surface area contributed by atoms with E-state index in [4.69, 9.17) is 5.11 Å². The molecular formula is C17H19F3N5O2P. The van der Waals surface area contributed by atoms with Crippen LogP contribution in [-0.4, -0.2) is 51.3 Å². The molecule has 0 saturated heterocycles. The molecule has 0 fully saturated rings. The summed E-state index contributed by atoms with van der Waals surface area (Å²) in [4.78, 5) is 7.71. The molecule has 3 rings (SSSR count). The molecule has 3 aromatic rings. The molecular weight excluding hydrogens is 394 g/mol. The summed E-state index contributed by atoms with van der Waals surface area (Å²) in [6.07, 6.45) is -4.01.